The van der Waals surface area contributed by atoms with Crippen molar-refractivity contribution in [1.29, 1.82) is 0 Å². The highest BCUT2D eigenvalue weighted by atomic mass is 15.4. The summed E-state index contributed by atoms with van der Waals surface area (Å²) in [5.74, 6) is 1.18. The fraction of sp³-hybridized carbons (Fsp3) is 0.750. The summed E-state index contributed by atoms with van der Waals surface area (Å²) in [6.45, 7) is 2.93. The number of rotatable bonds is 4. The second-order valence-electron chi connectivity index (χ2n) is 3.44. The van der Waals surface area contributed by atoms with E-state index in [4.69, 9.17) is 5.73 Å². The minimum absolute atomic E-state index is 0.505. The summed E-state index contributed by atoms with van der Waals surface area (Å²) in [5, 5.41) is 7.46. The number of hydrogen-bond donors (Lipinski definition) is 2. The van der Waals surface area contributed by atoms with E-state index in [0.717, 1.165) is 13.0 Å². The summed E-state index contributed by atoms with van der Waals surface area (Å²) in [6.07, 6.45) is 3.47. The van der Waals surface area contributed by atoms with Gasteiger partial charge in [-0.3, -0.25) is 0 Å². The van der Waals surface area contributed by atoms with E-state index in [1.54, 1.807) is 4.68 Å². The predicted octanol–water partition coefficient (Wildman–Crippen LogP) is 0.845. The van der Waals surface area contributed by atoms with Gasteiger partial charge in [0.2, 0.25) is 11.9 Å². The van der Waals surface area contributed by atoms with Crippen LogP contribution in [0.3, 0.4) is 0 Å². The molecule has 1 aliphatic rings. The van der Waals surface area contributed by atoms with Crippen LogP contribution in [-0.4, -0.2) is 20.8 Å². The lowest BCUT2D eigenvalue weighted by Crippen LogP contribution is -2.05. The Morgan fingerprint density at radius 1 is 1.62 bits per heavy atom. The highest BCUT2D eigenvalue weighted by Crippen LogP contribution is 2.23. The van der Waals surface area contributed by atoms with Crippen LogP contribution in [0.4, 0.5) is 11.9 Å². The fourth-order valence-corrected chi connectivity index (χ4v) is 1.20. The van der Waals surface area contributed by atoms with Crippen molar-refractivity contribution in [3.05, 3.63) is 0 Å². The molecule has 3 N–H and O–H groups in total. The number of aryl methyl sites for hydroxylation is 1. The zero-order chi connectivity index (χ0) is 9.26. The van der Waals surface area contributed by atoms with Crippen molar-refractivity contribution in [1.82, 2.24) is 14.8 Å². The van der Waals surface area contributed by atoms with Crippen molar-refractivity contribution in [2.24, 2.45) is 0 Å². The van der Waals surface area contributed by atoms with E-state index in [1.165, 1.54) is 12.8 Å². The van der Waals surface area contributed by atoms with Crippen molar-refractivity contribution < 1.29 is 0 Å². The summed E-state index contributed by atoms with van der Waals surface area (Å²) in [6, 6.07) is 0.580. The van der Waals surface area contributed by atoms with Crippen LogP contribution >= 0.6 is 0 Å². The van der Waals surface area contributed by atoms with E-state index < -0.39 is 0 Å². The molecule has 13 heavy (non-hydrogen) atoms. The van der Waals surface area contributed by atoms with E-state index in [1.807, 2.05) is 0 Å². The van der Waals surface area contributed by atoms with E-state index in [0.29, 0.717) is 17.9 Å². The van der Waals surface area contributed by atoms with Crippen molar-refractivity contribution >= 4 is 11.9 Å². The van der Waals surface area contributed by atoms with Crippen molar-refractivity contribution in [3.8, 4) is 0 Å². The van der Waals surface area contributed by atoms with Gasteiger partial charge in [-0.1, -0.05) is 6.92 Å². The molecular formula is C8H15N5. The third kappa shape index (κ3) is 1.91. The predicted molar refractivity (Wildman–Crippen MR) is 51.4 cm³/mol. The molecule has 1 aromatic rings. The van der Waals surface area contributed by atoms with Crippen LogP contribution < -0.4 is 11.1 Å². The van der Waals surface area contributed by atoms with Crippen LogP contribution in [0.2, 0.25) is 0 Å². The highest BCUT2D eigenvalue weighted by molar-refractivity contribution is 5.33. The van der Waals surface area contributed by atoms with Crippen LogP contribution in [0.1, 0.15) is 26.2 Å². The molecule has 0 aliphatic heterocycles. The Labute approximate surface area is 77.3 Å². The van der Waals surface area contributed by atoms with Gasteiger partial charge in [0, 0.05) is 12.6 Å². The van der Waals surface area contributed by atoms with Gasteiger partial charge in [-0.2, -0.15) is 4.98 Å². The van der Waals surface area contributed by atoms with E-state index in [9.17, 15) is 0 Å². The minimum atomic E-state index is 0.505. The summed E-state index contributed by atoms with van der Waals surface area (Å²) in [4.78, 5) is 4.13. The molecule has 0 radical (unpaired) electrons. The second kappa shape index (κ2) is 3.24. The van der Waals surface area contributed by atoms with E-state index in [-0.39, 0.29) is 0 Å². The Kier molecular flexibility index (Phi) is 2.08. The molecule has 5 heteroatoms. The maximum Gasteiger partial charge on any atom is 0.244 e. The zero-order valence-corrected chi connectivity index (χ0v) is 7.82. The quantitative estimate of drug-likeness (QED) is 0.722. The van der Waals surface area contributed by atoms with Gasteiger partial charge in [0.05, 0.1) is 0 Å². The van der Waals surface area contributed by atoms with Crippen LogP contribution in [0.5, 0.6) is 0 Å². The maximum atomic E-state index is 5.67. The van der Waals surface area contributed by atoms with Gasteiger partial charge in [-0.15, -0.1) is 5.10 Å². The number of nitrogens with two attached hydrogens (primary N) is 1. The number of hydrogen-bond acceptors (Lipinski definition) is 4. The molecule has 2 rings (SSSR count). The van der Waals surface area contributed by atoms with Crippen LogP contribution in [0.25, 0.3) is 0 Å². The molecule has 1 fully saturated rings. The van der Waals surface area contributed by atoms with Crippen LogP contribution in [0.15, 0.2) is 0 Å². The first-order valence-corrected chi connectivity index (χ1v) is 4.76. The molecule has 1 aromatic heterocycles. The average molecular weight is 181 g/mol. The van der Waals surface area contributed by atoms with Crippen LogP contribution in [0, 0.1) is 0 Å². The first kappa shape index (κ1) is 8.34. The molecule has 0 unspecified atom stereocenters. The molecule has 0 saturated heterocycles. The van der Waals surface area contributed by atoms with Crippen molar-refractivity contribution in [2.45, 2.75) is 38.8 Å². The molecule has 0 atom stereocenters. The fourth-order valence-electron chi connectivity index (χ4n) is 1.20. The first-order valence-electron chi connectivity index (χ1n) is 4.76. The summed E-state index contributed by atoms with van der Waals surface area (Å²) in [5.41, 5.74) is 5.67. The first-order chi connectivity index (χ1) is 6.29. The molecular weight excluding hydrogens is 166 g/mol. The highest BCUT2D eigenvalue weighted by Gasteiger charge is 2.22. The number of nitrogen functional groups attached to an aromatic ring is 1. The molecule has 1 heterocycles. The Morgan fingerprint density at radius 2 is 2.38 bits per heavy atom. The second-order valence-corrected chi connectivity index (χ2v) is 3.44. The number of aromatic nitrogens is 3. The molecule has 72 valence electrons. The summed E-state index contributed by atoms with van der Waals surface area (Å²) < 4.78 is 1.74. The van der Waals surface area contributed by atoms with Gasteiger partial charge >= 0.3 is 0 Å². The Bertz CT molecular complexity index is 289. The van der Waals surface area contributed by atoms with E-state index >= 15 is 0 Å². The number of nitrogens with zero attached hydrogens (tertiary/aromatic N) is 3. The van der Waals surface area contributed by atoms with E-state index in [2.05, 4.69) is 22.3 Å². The average Bonchev–Trinajstić information content (AvgIpc) is 2.81. The largest absolute Gasteiger partial charge is 0.368 e. The monoisotopic (exact) mass is 181 g/mol. The van der Waals surface area contributed by atoms with Gasteiger partial charge < -0.3 is 11.1 Å². The van der Waals surface area contributed by atoms with Gasteiger partial charge in [-0.05, 0) is 19.3 Å². The Balaban J connectivity index is 2.04. The molecule has 0 amide bonds. The lowest BCUT2D eigenvalue weighted by atomic mass is 10.5. The molecule has 1 aliphatic carbocycles. The van der Waals surface area contributed by atoms with Crippen molar-refractivity contribution in [2.75, 3.05) is 11.1 Å². The third-order valence-electron chi connectivity index (χ3n) is 2.05. The summed E-state index contributed by atoms with van der Waals surface area (Å²) in [7, 11) is 0. The van der Waals surface area contributed by atoms with Gasteiger partial charge in [0.25, 0.3) is 0 Å². The summed E-state index contributed by atoms with van der Waals surface area (Å²) >= 11 is 0. The molecule has 0 spiro atoms. The Hall–Kier alpha value is -1.26. The van der Waals surface area contributed by atoms with Gasteiger partial charge in [-0.25, -0.2) is 4.68 Å². The lowest BCUT2D eigenvalue weighted by molar-refractivity contribution is 0.611. The molecule has 0 bridgehead atoms. The lowest BCUT2D eigenvalue weighted by Gasteiger charge is -1.97. The normalized spacial score (nSPS) is 16.1. The third-order valence-corrected chi connectivity index (χ3v) is 2.05. The maximum absolute atomic E-state index is 5.67. The minimum Gasteiger partial charge on any atom is -0.368 e. The number of nitrogens with one attached hydrogen (secondary N) is 1. The smallest absolute Gasteiger partial charge is 0.244 e. The van der Waals surface area contributed by atoms with Crippen molar-refractivity contribution in [3.63, 3.8) is 0 Å². The zero-order valence-electron chi connectivity index (χ0n) is 7.82. The molecule has 1 saturated carbocycles. The van der Waals surface area contributed by atoms with Crippen LogP contribution in [-0.2, 0) is 6.54 Å². The standard InChI is InChI=1S/C8H15N5/c1-2-5-13-7(9)11-8(12-13)10-6-3-4-6/h6H,2-5H2,1H3,(H3,9,10,11,12). The van der Waals surface area contributed by atoms with Gasteiger partial charge in [0.15, 0.2) is 0 Å². The topological polar surface area (TPSA) is 68.8 Å². The SMILES string of the molecule is CCCn1nc(NC2CC2)nc1N. The van der Waals surface area contributed by atoms with Gasteiger partial charge in [0.1, 0.15) is 0 Å². The number of anilines is 2. The molecule has 5 nitrogen and oxygen atoms in total. The molecule has 0 aromatic carbocycles. The Morgan fingerprint density at radius 3 is 3.00 bits per heavy atom.